The van der Waals surface area contributed by atoms with Crippen molar-refractivity contribution >= 4 is 11.9 Å². The molecule has 0 aromatic heterocycles. The molecule has 86 valence electrons. The molecule has 0 aromatic carbocycles. The fourth-order valence-corrected chi connectivity index (χ4v) is 2.88. The van der Waals surface area contributed by atoms with Crippen LogP contribution < -0.4 is 0 Å². The van der Waals surface area contributed by atoms with E-state index in [2.05, 4.69) is 0 Å². The Balaban J connectivity index is 1.87. The van der Waals surface area contributed by atoms with Crippen LogP contribution in [0.1, 0.15) is 13.3 Å². The Labute approximate surface area is 92.0 Å². The highest BCUT2D eigenvalue weighted by Crippen LogP contribution is 2.50. The molecule has 3 aliphatic rings. The molecular weight excluding hydrogens is 212 g/mol. The minimum atomic E-state index is -0.941. The van der Waals surface area contributed by atoms with Gasteiger partial charge in [0.05, 0.1) is 12.0 Å². The Bertz CT molecular complexity index is 399. The summed E-state index contributed by atoms with van der Waals surface area (Å²) in [7, 11) is 0. The summed E-state index contributed by atoms with van der Waals surface area (Å²) < 4.78 is 10.9. The minimum Gasteiger partial charge on any atom is -0.478 e. The largest absolute Gasteiger partial charge is 0.478 e. The molecule has 0 aromatic rings. The average molecular weight is 224 g/mol. The van der Waals surface area contributed by atoms with Gasteiger partial charge in [-0.1, -0.05) is 6.08 Å². The lowest BCUT2D eigenvalue weighted by Crippen LogP contribution is -2.31. The van der Waals surface area contributed by atoms with Gasteiger partial charge in [0.15, 0.2) is 0 Å². The normalized spacial score (nSPS) is 44.9. The van der Waals surface area contributed by atoms with Crippen LogP contribution in [0.25, 0.3) is 0 Å². The third-order valence-electron chi connectivity index (χ3n) is 3.68. The zero-order valence-corrected chi connectivity index (χ0v) is 8.75. The van der Waals surface area contributed by atoms with Crippen LogP contribution in [0.4, 0.5) is 0 Å². The van der Waals surface area contributed by atoms with Gasteiger partial charge in [-0.05, 0) is 13.3 Å². The number of aliphatic carboxylic acids is 1. The van der Waals surface area contributed by atoms with E-state index in [-0.39, 0.29) is 41.7 Å². The zero-order valence-electron chi connectivity index (χ0n) is 8.75. The third kappa shape index (κ3) is 1.15. The Kier molecular flexibility index (Phi) is 1.89. The maximum atomic E-state index is 11.4. The van der Waals surface area contributed by atoms with E-state index in [1.54, 1.807) is 13.0 Å². The molecule has 0 spiro atoms. The molecule has 16 heavy (non-hydrogen) atoms. The standard InChI is InChI=1S/C11H12O5/c1-4(10(12)13)2-5-7-3-6-9(15-7)8(5)16-11(6)14/h2,5-9H,3H2,1H3,(H,12,13). The average Bonchev–Trinajstić information content (AvgIpc) is 2.81. The second-order valence-electron chi connectivity index (χ2n) is 4.62. The quantitative estimate of drug-likeness (QED) is 0.541. The lowest BCUT2D eigenvalue weighted by molar-refractivity contribution is -0.144. The number of ether oxygens (including phenoxy) is 2. The fraction of sp³-hybridized carbons (Fsp3) is 0.636. The molecule has 3 heterocycles. The van der Waals surface area contributed by atoms with Crippen molar-refractivity contribution in [3.63, 3.8) is 0 Å². The number of hydrogen-bond donors (Lipinski definition) is 1. The zero-order chi connectivity index (χ0) is 11.4. The van der Waals surface area contributed by atoms with E-state index in [9.17, 15) is 9.59 Å². The van der Waals surface area contributed by atoms with Crippen LogP contribution in [0.5, 0.6) is 0 Å². The summed E-state index contributed by atoms with van der Waals surface area (Å²) >= 11 is 0. The van der Waals surface area contributed by atoms with Gasteiger partial charge in [0, 0.05) is 11.5 Å². The van der Waals surface area contributed by atoms with E-state index < -0.39 is 5.97 Å². The smallest absolute Gasteiger partial charge is 0.330 e. The molecule has 5 atom stereocenters. The van der Waals surface area contributed by atoms with Crippen LogP contribution in [0.2, 0.25) is 0 Å². The molecule has 0 radical (unpaired) electrons. The number of rotatable bonds is 2. The lowest BCUT2D eigenvalue weighted by atomic mass is 9.81. The van der Waals surface area contributed by atoms with Crippen molar-refractivity contribution in [2.45, 2.75) is 31.7 Å². The Morgan fingerprint density at radius 3 is 2.94 bits per heavy atom. The summed E-state index contributed by atoms with van der Waals surface area (Å²) in [6, 6.07) is 0. The van der Waals surface area contributed by atoms with Gasteiger partial charge in [0.1, 0.15) is 12.2 Å². The first-order valence-electron chi connectivity index (χ1n) is 5.35. The van der Waals surface area contributed by atoms with E-state index in [0.29, 0.717) is 6.42 Å². The first-order chi connectivity index (χ1) is 7.58. The van der Waals surface area contributed by atoms with Crippen molar-refractivity contribution in [3.8, 4) is 0 Å². The summed E-state index contributed by atoms with van der Waals surface area (Å²) in [6.07, 6.45) is 1.84. The number of fused-ring (bicyclic) bond motifs is 1. The third-order valence-corrected chi connectivity index (χ3v) is 3.68. The topological polar surface area (TPSA) is 72.8 Å². The predicted octanol–water partition coefficient (Wildman–Crippen LogP) is 0.346. The van der Waals surface area contributed by atoms with Gasteiger partial charge >= 0.3 is 11.9 Å². The van der Waals surface area contributed by atoms with E-state index in [0.717, 1.165) is 0 Å². The number of carboxylic acids is 1. The van der Waals surface area contributed by atoms with Gasteiger partial charge in [-0.3, -0.25) is 4.79 Å². The highest BCUT2D eigenvalue weighted by molar-refractivity contribution is 5.86. The van der Waals surface area contributed by atoms with Crippen LogP contribution in [-0.2, 0) is 19.1 Å². The molecule has 1 N–H and O–H groups in total. The first kappa shape index (κ1) is 9.84. The van der Waals surface area contributed by atoms with Crippen molar-refractivity contribution in [1.82, 2.24) is 0 Å². The number of esters is 1. The highest BCUT2D eigenvalue weighted by Gasteiger charge is 2.62. The van der Waals surface area contributed by atoms with E-state index in [1.165, 1.54) is 0 Å². The van der Waals surface area contributed by atoms with Crippen LogP contribution in [0.3, 0.4) is 0 Å². The van der Waals surface area contributed by atoms with Crippen LogP contribution >= 0.6 is 0 Å². The molecule has 3 fully saturated rings. The monoisotopic (exact) mass is 224 g/mol. The predicted molar refractivity (Wildman–Crippen MR) is 51.5 cm³/mol. The minimum absolute atomic E-state index is 0.0549. The van der Waals surface area contributed by atoms with Crippen molar-refractivity contribution < 1.29 is 24.2 Å². The van der Waals surface area contributed by atoms with Crippen LogP contribution in [0.15, 0.2) is 11.6 Å². The molecule has 0 amide bonds. The second-order valence-corrected chi connectivity index (χ2v) is 4.62. The summed E-state index contributed by atoms with van der Waals surface area (Å²) in [5, 5.41) is 8.82. The first-order valence-corrected chi connectivity index (χ1v) is 5.35. The molecule has 2 bridgehead atoms. The maximum Gasteiger partial charge on any atom is 0.330 e. The Morgan fingerprint density at radius 1 is 1.50 bits per heavy atom. The van der Waals surface area contributed by atoms with Crippen molar-refractivity contribution in [2.75, 3.05) is 0 Å². The van der Waals surface area contributed by atoms with E-state index >= 15 is 0 Å². The van der Waals surface area contributed by atoms with Gasteiger partial charge in [0.2, 0.25) is 0 Å². The summed E-state index contributed by atoms with van der Waals surface area (Å²) in [4.78, 5) is 22.2. The number of carbonyl (C=O) groups is 2. The highest BCUT2D eigenvalue weighted by atomic mass is 16.6. The van der Waals surface area contributed by atoms with Crippen LogP contribution in [0, 0.1) is 11.8 Å². The van der Waals surface area contributed by atoms with Crippen molar-refractivity contribution in [2.24, 2.45) is 11.8 Å². The fourth-order valence-electron chi connectivity index (χ4n) is 2.88. The van der Waals surface area contributed by atoms with Gasteiger partial charge < -0.3 is 14.6 Å². The van der Waals surface area contributed by atoms with Crippen molar-refractivity contribution in [1.29, 1.82) is 0 Å². The molecule has 5 unspecified atom stereocenters. The molecule has 0 saturated carbocycles. The maximum absolute atomic E-state index is 11.4. The molecule has 5 heteroatoms. The van der Waals surface area contributed by atoms with E-state index in [1.807, 2.05) is 0 Å². The molecule has 3 aliphatic heterocycles. The van der Waals surface area contributed by atoms with Gasteiger partial charge in [-0.15, -0.1) is 0 Å². The molecular formula is C11H12O5. The summed E-state index contributed by atoms with van der Waals surface area (Å²) in [5.74, 6) is -1.35. The Morgan fingerprint density at radius 2 is 2.25 bits per heavy atom. The number of carboxylic acid groups (broad SMARTS) is 1. The second kappa shape index (κ2) is 3.07. The Hall–Kier alpha value is -1.36. The van der Waals surface area contributed by atoms with Gasteiger partial charge in [-0.25, -0.2) is 4.79 Å². The van der Waals surface area contributed by atoms with Crippen molar-refractivity contribution in [3.05, 3.63) is 11.6 Å². The molecule has 3 rings (SSSR count). The molecule has 3 saturated heterocycles. The van der Waals surface area contributed by atoms with Gasteiger partial charge in [-0.2, -0.15) is 0 Å². The summed E-state index contributed by atoms with van der Waals surface area (Å²) in [6.45, 7) is 1.54. The molecule has 0 aliphatic carbocycles. The number of hydrogen-bond acceptors (Lipinski definition) is 4. The van der Waals surface area contributed by atoms with E-state index in [4.69, 9.17) is 14.6 Å². The number of carbonyl (C=O) groups excluding carboxylic acids is 1. The summed E-state index contributed by atoms with van der Waals surface area (Å²) in [5.41, 5.74) is 0.278. The molecule has 5 nitrogen and oxygen atoms in total. The SMILES string of the molecule is CC(=CC1C2CC3C(=O)OC1C3O2)C(=O)O. The van der Waals surface area contributed by atoms with Gasteiger partial charge in [0.25, 0.3) is 0 Å². The lowest BCUT2D eigenvalue weighted by Gasteiger charge is -2.18. The van der Waals surface area contributed by atoms with Crippen LogP contribution in [-0.4, -0.2) is 35.4 Å².